The smallest absolute Gasteiger partial charge is 0.247 e. The molecule has 0 radical (unpaired) electrons. The lowest BCUT2D eigenvalue weighted by molar-refractivity contribution is -0.134. The summed E-state index contributed by atoms with van der Waals surface area (Å²) in [5, 5.41) is 6.31. The maximum atomic E-state index is 12.6. The summed E-state index contributed by atoms with van der Waals surface area (Å²) in [7, 11) is 0. The summed E-state index contributed by atoms with van der Waals surface area (Å²) in [6.07, 6.45) is 1.57. The Kier molecular flexibility index (Phi) is 5.03. The molecule has 2 aromatic rings. The Balaban J connectivity index is 1.75. The molecular formula is C20H23N3O2. The van der Waals surface area contributed by atoms with Crippen LogP contribution in [0.5, 0.6) is 0 Å². The average Bonchev–Trinajstić information content (AvgIpc) is 3.09. The van der Waals surface area contributed by atoms with Gasteiger partial charge in [-0.15, -0.1) is 0 Å². The van der Waals surface area contributed by atoms with Crippen molar-refractivity contribution < 1.29 is 9.59 Å². The summed E-state index contributed by atoms with van der Waals surface area (Å²) in [6, 6.07) is 15.3. The number of nitrogens with zero attached hydrogens (tertiary/aromatic N) is 1. The molecule has 130 valence electrons. The molecule has 1 atom stereocenters. The SMILES string of the molecule is CC(=O)N1CCC[C@@H]1C(=O)Nc1ccccc1Nc1ccc(C)cc1. The van der Waals surface area contributed by atoms with Crippen LogP contribution in [0.1, 0.15) is 25.3 Å². The minimum Gasteiger partial charge on any atom is -0.354 e. The number of likely N-dealkylation sites (tertiary alicyclic amines) is 1. The molecule has 2 N–H and O–H groups in total. The van der Waals surface area contributed by atoms with Crippen molar-refractivity contribution in [2.24, 2.45) is 0 Å². The highest BCUT2D eigenvalue weighted by atomic mass is 16.2. The monoisotopic (exact) mass is 337 g/mol. The Morgan fingerprint density at radius 2 is 1.72 bits per heavy atom. The molecule has 0 spiro atoms. The highest BCUT2D eigenvalue weighted by Gasteiger charge is 2.32. The van der Waals surface area contributed by atoms with E-state index in [1.807, 2.05) is 55.5 Å². The van der Waals surface area contributed by atoms with Gasteiger partial charge in [-0.3, -0.25) is 9.59 Å². The Bertz CT molecular complexity index is 771. The number of hydrogen-bond acceptors (Lipinski definition) is 3. The van der Waals surface area contributed by atoms with Crippen molar-refractivity contribution in [1.29, 1.82) is 0 Å². The van der Waals surface area contributed by atoms with Crippen LogP contribution in [0.3, 0.4) is 0 Å². The van der Waals surface area contributed by atoms with Crippen LogP contribution in [0.4, 0.5) is 17.1 Å². The zero-order chi connectivity index (χ0) is 17.8. The van der Waals surface area contributed by atoms with Crippen molar-refractivity contribution in [1.82, 2.24) is 4.90 Å². The number of hydrogen-bond donors (Lipinski definition) is 2. The lowest BCUT2D eigenvalue weighted by atomic mass is 10.1. The maximum Gasteiger partial charge on any atom is 0.247 e. The third kappa shape index (κ3) is 3.99. The first-order valence-electron chi connectivity index (χ1n) is 8.55. The molecule has 5 nitrogen and oxygen atoms in total. The third-order valence-corrected chi connectivity index (χ3v) is 4.48. The number of rotatable bonds is 4. The van der Waals surface area contributed by atoms with Crippen LogP contribution in [0.2, 0.25) is 0 Å². The first-order chi connectivity index (χ1) is 12.0. The Labute approximate surface area is 148 Å². The highest BCUT2D eigenvalue weighted by molar-refractivity contribution is 5.99. The zero-order valence-corrected chi connectivity index (χ0v) is 14.6. The highest BCUT2D eigenvalue weighted by Crippen LogP contribution is 2.27. The quantitative estimate of drug-likeness (QED) is 0.894. The molecule has 1 aliphatic rings. The second-order valence-corrected chi connectivity index (χ2v) is 6.40. The van der Waals surface area contributed by atoms with E-state index in [0.29, 0.717) is 18.7 Å². The van der Waals surface area contributed by atoms with Crippen LogP contribution in [-0.4, -0.2) is 29.3 Å². The summed E-state index contributed by atoms with van der Waals surface area (Å²) in [6.45, 7) is 4.20. The van der Waals surface area contributed by atoms with Gasteiger partial charge < -0.3 is 15.5 Å². The number of carbonyl (C=O) groups is 2. The van der Waals surface area contributed by atoms with E-state index in [4.69, 9.17) is 0 Å². The van der Waals surface area contributed by atoms with E-state index in [0.717, 1.165) is 17.8 Å². The van der Waals surface area contributed by atoms with E-state index < -0.39 is 0 Å². The number of carbonyl (C=O) groups excluding carboxylic acids is 2. The number of benzene rings is 2. The Morgan fingerprint density at radius 1 is 1.04 bits per heavy atom. The predicted molar refractivity (Wildman–Crippen MR) is 99.9 cm³/mol. The van der Waals surface area contributed by atoms with Gasteiger partial charge in [-0.25, -0.2) is 0 Å². The molecule has 2 amide bonds. The summed E-state index contributed by atoms with van der Waals surface area (Å²) < 4.78 is 0. The van der Waals surface area contributed by atoms with Crippen molar-refractivity contribution in [2.75, 3.05) is 17.2 Å². The molecule has 1 saturated heterocycles. The van der Waals surface area contributed by atoms with Gasteiger partial charge in [0.1, 0.15) is 6.04 Å². The molecule has 1 heterocycles. The average molecular weight is 337 g/mol. The summed E-state index contributed by atoms with van der Waals surface area (Å²) in [4.78, 5) is 26.0. The number of aryl methyl sites for hydroxylation is 1. The van der Waals surface area contributed by atoms with Crippen molar-refractivity contribution in [3.63, 3.8) is 0 Å². The molecule has 3 rings (SSSR count). The molecule has 5 heteroatoms. The van der Waals surface area contributed by atoms with Gasteiger partial charge >= 0.3 is 0 Å². The van der Waals surface area contributed by atoms with Gasteiger partial charge in [0, 0.05) is 19.2 Å². The fourth-order valence-electron chi connectivity index (χ4n) is 3.13. The van der Waals surface area contributed by atoms with Crippen molar-refractivity contribution in [3.05, 3.63) is 54.1 Å². The summed E-state index contributed by atoms with van der Waals surface area (Å²) in [5.74, 6) is -0.186. The third-order valence-electron chi connectivity index (χ3n) is 4.48. The molecule has 0 unspecified atom stereocenters. The van der Waals surface area contributed by atoms with Gasteiger partial charge in [-0.1, -0.05) is 29.8 Å². The van der Waals surface area contributed by atoms with E-state index in [1.165, 1.54) is 12.5 Å². The molecular weight excluding hydrogens is 314 g/mol. The van der Waals surface area contributed by atoms with Crippen LogP contribution in [0.15, 0.2) is 48.5 Å². The molecule has 0 aliphatic carbocycles. The number of amides is 2. The lowest BCUT2D eigenvalue weighted by Gasteiger charge is -2.23. The topological polar surface area (TPSA) is 61.4 Å². The molecule has 2 aromatic carbocycles. The first kappa shape index (κ1) is 17.0. The molecule has 0 saturated carbocycles. The van der Waals surface area contributed by atoms with Gasteiger partial charge in [0.05, 0.1) is 11.4 Å². The maximum absolute atomic E-state index is 12.6. The molecule has 25 heavy (non-hydrogen) atoms. The molecule has 1 aliphatic heterocycles. The number of nitrogens with one attached hydrogen (secondary N) is 2. The van der Waals surface area contributed by atoms with Crippen molar-refractivity contribution in [2.45, 2.75) is 32.7 Å². The standard InChI is InChI=1S/C20H23N3O2/c1-14-9-11-16(12-10-14)21-17-6-3-4-7-18(17)22-20(25)19-8-5-13-23(19)15(2)24/h3-4,6-7,9-12,19,21H,5,8,13H2,1-2H3,(H,22,25)/t19-/m1/s1. The van der Waals surface area contributed by atoms with Crippen molar-refractivity contribution >= 4 is 28.9 Å². The van der Waals surface area contributed by atoms with Crippen molar-refractivity contribution in [3.8, 4) is 0 Å². The van der Waals surface area contributed by atoms with E-state index in [1.54, 1.807) is 4.90 Å². The van der Waals surface area contributed by atoms with E-state index in [9.17, 15) is 9.59 Å². The van der Waals surface area contributed by atoms with Gasteiger partial charge in [-0.2, -0.15) is 0 Å². The Hall–Kier alpha value is -2.82. The second-order valence-electron chi connectivity index (χ2n) is 6.40. The minimum atomic E-state index is -0.384. The zero-order valence-electron chi connectivity index (χ0n) is 14.6. The normalized spacial score (nSPS) is 16.6. The summed E-state index contributed by atoms with van der Waals surface area (Å²) in [5.41, 5.74) is 3.69. The molecule has 1 fully saturated rings. The van der Waals surface area contributed by atoms with Crippen LogP contribution >= 0.6 is 0 Å². The number of para-hydroxylation sites is 2. The van der Waals surface area contributed by atoms with E-state index in [2.05, 4.69) is 10.6 Å². The first-order valence-corrected chi connectivity index (χ1v) is 8.55. The number of anilines is 3. The van der Waals surface area contributed by atoms with Crippen LogP contribution in [0.25, 0.3) is 0 Å². The minimum absolute atomic E-state index is 0.0521. The van der Waals surface area contributed by atoms with E-state index in [-0.39, 0.29) is 17.9 Å². The fraction of sp³-hybridized carbons (Fsp3) is 0.300. The van der Waals surface area contributed by atoms with E-state index >= 15 is 0 Å². The van der Waals surface area contributed by atoms with Crippen LogP contribution in [-0.2, 0) is 9.59 Å². The van der Waals surface area contributed by atoms with Gasteiger partial charge in [0.25, 0.3) is 0 Å². The predicted octanol–water partition coefficient (Wildman–Crippen LogP) is 3.69. The van der Waals surface area contributed by atoms with Crippen LogP contribution in [0, 0.1) is 6.92 Å². The second kappa shape index (κ2) is 7.38. The fourth-order valence-corrected chi connectivity index (χ4v) is 3.13. The largest absolute Gasteiger partial charge is 0.354 e. The molecule has 0 bridgehead atoms. The summed E-state index contributed by atoms with van der Waals surface area (Å²) >= 11 is 0. The lowest BCUT2D eigenvalue weighted by Crippen LogP contribution is -2.42. The van der Waals surface area contributed by atoms with Gasteiger partial charge in [0.2, 0.25) is 11.8 Å². The molecule has 0 aromatic heterocycles. The van der Waals surface area contributed by atoms with Gasteiger partial charge in [-0.05, 0) is 44.0 Å². The Morgan fingerprint density at radius 3 is 2.40 bits per heavy atom. The van der Waals surface area contributed by atoms with Crippen LogP contribution < -0.4 is 10.6 Å². The van der Waals surface area contributed by atoms with Gasteiger partial charge in [0.15, 0.2) is 0 Å².